The number of hydrogen-bond acceptors (Lipinski definition) is 4. The van der Waals surface area contributed by atoms with Crippen LogP contribution < -0.4 is 0 Å². The maximum absolute atomic E-state index is 12.2. The van der Waals surface area contributed by atoms with Crippen molar-refractivity contribution in [2.24, 2.45) is 5.92 Å². The van der Waals surface area contributed by atoms with Gasteiger partial charge in [0.25, 0.3) is 0 Å². The molecule has 0 amide bonds. The highest BCUT2D eigenvalue weighted by Gasteiger charge is 2.63. The van der Waals surface area contributed by atoms with Crippen LogP contribution in [0.5, 0.6) is 0 Å². The maximum atomic E-state index is 12.2. The Morgan fingerprint density at radius 2 is 2.18 bits per heavy atom. The van der Waals surface area contributed by atoms with E-state index in [1.807, 2.05) is 17.5 Å². The topological polar surface area (TPSA) is 29.5 Å². The smallest absolute Gasteiger partial charge is 0.348 e. The van der Waals surface area contributed by atoms with Gasteiger partial charge in [0.05, 0.1) is 0 Å². The Morgan fingerprint density at radius 3 is 2.91 bits per heavy atom. The molecular weight excluding hydrogens is 362 g/mol. The lowest BCUT2D eigenvalue weighted by atomic mass is 10.2. The number of rotatable bonds is 4. The fourth-order valence-electron chi connectivity index (χ4n) is 3.29. The highest BCUT2D eigenvalue weighted by molar-refractivity contribution is 9.10. The average molecular weight is 378 g/mol. The summed E-state index contributed by atoms with van der Waals surface area (Å²) in [7, 11) is 0. The zero-order chi connectivity index (χ0) is 15.2. The number of carbonyl (C=O) groups is 1. The zero-order valence-corrected chi connectivity index (χ0v) is 14.4. The number of esters is 1. The van der Waals surface area contributed by atoms with Gasteiger partial charge in [-0.05, 0) is 35.6 Å². The summed E-state index contributed by atoms with van der Waals surface area (Å²) >= 11 is 4.90. The summed E-state index contributed by atoms with van der Waals surface area (Å²) < 4.78 is 6.93. The summed E-state index contributed by atoms with van der Waals surface area (Å²) in [5, 5.41) is 1.91. The Hall–Kier alpha value is -1.17. The van der Waals surface area contributed by atoms with Crippen LogP contribution in [0.15, 0.2) is 46.3 Å². The second-order valence-electron chi connectivity index (χ2n) is 6.13. The van der Waals surface area contributed by atoms with Gasteiger partial charge < -0.3 is 4.74 Å². The summed E-state index contributed by atoms with van der Waals surface area (Å²) in [4.78, 5) is 15.2. The summed E-state index contributed by atoms with van der Waals surface area (Å²) in [6.45, 7) is 2.79. The zero-order valence-electron chi connectivity index (χ0n) is 12.0. The second-order valence-corrected chi connectivity index (χ2v) is 7.99. The molecule has 1 saturated carbocycles. The maximum Gasteiger partial charge on any atom is 0.348 e. The molecule has 0 spiro atoms. The van der Waals surface area contributed by atoms with Gasteiger partial charge in [0, 0.05) is 30.0 Å². The molecule has 1 aliphatic carbocycles. The summed E-state index contributed by atoms with van der Waals surface area (Å²) in [6.07, 6.45) is 1.01. The van der Waals surface area contributed by atoms with E-state index >= 15 is 0 Å². The molecule has 2 unspecified atom stereocenters. The van der Waals surface area contributed by atoms with Gasteiger partial charge in [0.2, 0.25) is 0 Å². The minimum atomic E-state index is -0.226. The molecule has 2 aliphatic rings. The predicted octanol–water partition coefficient (Wildman–Crippen LogP) is 3.94. The molecule has 3 nitrogen and oxygen atoms in total. The van der Waals surface area contributed by atoms with Crippen LogP contribution in [0.2, 0.25) is 0 Å². The van der Waals surface area contributed by atoms with Crippen molar-refractivity contribution in [3.05, 3.63) is 56.7 Å². The van der Waals surface area contributed by atoms with Crippen molar-refractivity contribution in [2.45, 2.75) is 18.6 Å². The first-order chi connectivity index (χ1) is 10.6. The van der Waals surface area contributed by atoms with E-state index in [9.17, 15) is 4.79 Å². The first kappa shape index (κ1) is 14.4. The molecule has 2 aromatic rings. The minimum absolute atomic E-state index is 0.164. The monoisotopic (exact) mass is 377 g/mol. The fourth-order valence-corrected chi connectivity index (χ4v) is 4.16. The molecule has 5 heteroatoms. The molecule has 114 valence electrons. The van der Waals surface area contributed by atoms with Gasteiger partial charge in [-0.2, -0.15) is 0 Å². The molecule has 0 N–H and O–H groups in total. The molecule has 1 aromatic heterocycles. The molecule has 2 atom stereocenters. The molecule has 22 heavy (non-hydrogen) atoms. The lowest BCUT2D eigenvalue weighted by molar-refractivity contribution is 0.0195. The summed E-state index contributed by atoms with van der Waals surface area (Å²) in [5.41, 5.74) is 1.07. The average Bonchev–Trinajstić information content (AvgIpc) is 2.91. The van der Waals surface area contributed by atoms with Crippen molar-refractivity contribution < 1.29 is 9.53 Å². The van der Waals surface area contributed by atoms with Gasteiger partial charge in [-0.15, -0.1) is 11.3 Å². The molecule has 2 heterocycles. The number of hydrogen-bond donors (Lipinski definition) is 0. The third-order valence-corrected chi connectivity index (χ3v) is 5.86. The Morgan fingerprint density at radius 1 is 1.36 bits per heavy atom. The van der Waals surface area contributed by atoms with Crippen molar-refractivity contribution in [3.8, 4) is 0 Å². The highest BCUT2D eigenvalue weighted by Crippen LogP contribution is 2.53. The van der Waals surface area contributed by atoms with Crippen LogP contribution in [0, 0.1) is 5.92 Å². The lowest BCUT2D eigenvalue weighted by Crippen LogP contribution is -2.30. The van der Waals surface area contributed by atoms with E-state index in [0.717, 1.165) is 30.5 Å². The number of carbonyl (C=O) groups excluding carboxylic acids is 1. The molecule has 0 bridgehead atoms. The van der Waals surface area contributed by atoms with E-state index in [-0.39, 0.29) is 11.6 Å². The van der Waals surface area contributed by atoms with E-state index in [2.05, 4.69) is 45.1 Å². The number of ether oxygens (including phenoxy) is 1. The van der Waals surface area contributed by atoms with Crippen molar-refractivity contribution in [2.75, 3.05) is 13.1 Å². The van der Waals surface area contributed by atoms with Gasteiger partial charge >= 0.3 is 5.97 Å². The number of benzene rings is 1. The standard InChI is InChI=1S/C17H16BrNO2S/c18-14-5-3-12(4-6-14)9-19-10-13-8-17(13,11-19)21-16(20)15-2-1-7-22-15/h1-7,13H,8-11H2. The van der Waals surface area contributed by atoms with Crippen LogP contribution in [0.1, 0.15) is 21.7 Å². The number of halogens is 1. The highest BCUT2D eigenvalue weighted by atomic mass is 79.9. The number of fused-ring (bicyclic) bond motifs is 1. The normalized spacial score (nSPS) is 26.7. The third-order valence-electron chi connectivity index (χ3n) is 4.48. The summed E-state index contributed by atoms with van der Waals surface area (Å²) in [5.74, 6) is 0.342. The van der Waals surface area contributed by atoms with E-state index in [1.165, 1.54) is 16.9 Å². The van der Waals surface area contributed by atoms with Crippen molar-refractivity contribution in [3.63, 3.8) is 0 Å². The van der Waals surface area contributed by atoms with Crippen molar-refractivity contribution in [1.82, 2.24) is 4.90 Å². The van der Waals surface area contributed by atoms with E-state index in [0.29, 0.717) is 10.8 Å². The predicted molar refractivity (Wildman–Crippen MR) is 90.0 cm³/mol. The van der Waals surface area contributed by atoms with Gasteiger partial charge in [-0.25, -0.2) is 4.79 Å². The molecule has 2 fully saturated rings. The van der Waals surface area contributed by atoms with Crippen LogP contribution in [0.4, 0.5) is 0 Å². The quantitative estimate of drug-likeness (QED) is 0.755. The first-order valence-corrected chi connectivity index (χ1v) is 9.06. The van der Waals surface area contributed by atoms with Crippen LogP contribution in [-0.2, 0) is 11.3 Å². The SMILES string of the molecule is O=C(OC12CC1CN(Cc1ccc(Br)cc1)C2)c1cccs1. The minimum Gasteiger partial charge on any atom is -0.453 e. The number of thiophene rings is 1. The molecule has 1 aliphatic heterocycles. The largest absolute Gasteiger partial charge is 0.453 e. The third kappa shape index (κ3) is 2.73. The molecule has 1 aromatic carbocycles. The Labute approximate surface area is 142 Å². The van der Waals surface area contributed by atoms with E-state index in [1.54, 1.807) is 0 Å². The van der Waals surface area contributed by atoms with Gasteiger partial charge in [-0.3, -0.25) is 4.90 Å². The van der Waals surface area contributed by atoms with Gasteiger partial charge in [-0.1, -0.05) is 34.1 Å². The van der Waals surface area contributed by atoms with Crippen LogP contribution in [-0.4, -0.2) is 29.6 Å². The Bertz CT molecular complexity index is 685. The summed E-state index contributed by atoms with van der Waals surface area (Å²) in [6, 6.07) is 12.1. The molecule has 4 rings (SSSR count). The van der Waals surface area contributed by atoms with E-state index < -0.39 is 0 Å². The molecule has 0 radical (unpaired) electrons. The Kier molecular flexibility index (Phi) is 3.59. The van der Waals surface area contributed by atoms with Crippen molar-refractivity contribution >= 4 is 33.2 Å². The fraction of sp³-hybridized carbons (Fsp3) is 0.353. The van der Waals surface area contributed by atoms with Crippen LogP contribution in [0.25, 0.3) is 0 Å². The van der Waals surface area contributed by atoms with Crippen molar-refractivity contribution in [1.29, 1.82) is 0 Å². The Balaban J connectivity index is 1.38. The van der Waals surface area contributed by atoms with Crippen LogP contribution >= 0.6 is 27.3 Å². The lowest BCUT2D eigenvalue weighted by Gasteiger charge is -2.20. The second kappa shape index (κ2) is 5.48. The van der Waals surface area contributed by atoms with Gasteiger partial charge in [0.15, 0.2) is 0 Å². The first-order valence-electron chi connectivity index (χ1n) is 7.38. The molecule has 1 saturated heterocycles. The number of piperidine rings is 1. The molecular formula is C17H16BrNO2S. The van der Waals surface area contributed by atoms with Crippen LogP contribution in [0.3, 0.4) is 0 Å². The number of likely N-dealkylation sites (tertiary alicyclic amines) is 1. The van der Waals surface area contributed by atoms with Gasteiger partial charge in [0.1, 0.15) is 10.5 Å². The van der Waals surface area contributed by atoms with E-state index in [4.69, 9.17) is 4.74 Å². The number of nitrogens with zero attached hydrogens (tertiary/aromatic N) is 1.